The van der Waals surface area contributed by atoms with E-state index in [1.165, 1.54) is 32.9 Å². The molecule has 1 aliphatic carbocycles. The van der Waals surface area contributed by atoms with Crippen LogP contribution in [0.2, 0.25) is 0 Å². The number of pyridine rings is 2. The molecule has 4 aliphatic rings. The van der Waals surface area contributed by atoms with E-state index in [2.05, 4.69) is 30.7 Å². The van der Waals surface area contributed by atoms with E-state index < -0.39 is 22.6 Å². The van der Waals surface area contributed by atoms with E-state index in [0.717, 1.165) is 56.9 Å². The third kappa shape index (κ3) is 8.56. The highest BCUT2D eigenvalue weighted by Gasteiger charge is 2.33. The van der Waals surface area contributed by atoms with E-state index in [0.29, 0.717) is 59.4 Å². The van der Waals surface area contributed by atoms with Crippen LogP contribution in [0.1, 0.15) is 74.5 Å². The fourth-order valence-electron chi connectivity index (χ4n) is 9.46. The lowest BCUT2D eigenvalue weighted by molar-refractivity contribution is -0.134. The minimum Gasteiger partial charge on any atom is -0.357 e. The van der Waals surface area contributed by atoms with Gasteiger partial charge in [0.15, 0.2) is 0 Å². The highest BCUT2D eigenvalue weighted by atomic mass is 127. The van der Waals surface area contributed by atoms with Crippen molar-refractivity contribution in [2.24, 2.45) is 18.9 Å². The molecule has 3 aliphatic heterocycles. The second-order valence-corrected chi connectivity index (χ2v) is 18.6. The first-order valence-electron chi connectivity index (χ1n) is 21.7. The molecule has 2 aromatic carbocycles. The van der Waals surface area contributed by atoms with E-state index in [1.54, 1.807) is 43.5 Å². The summed E-state index contributed by atoms with van der Waals surface area (Å²) in [4.78, 5) is 89.5. The molecule has 3 saturated heterocycles. The normalized spacial score (nSPS) is 19.0. The number of hydrogen-bond donors (Lipinski definition) is 3. The average Bonchev–Trinajstić information content (AvgIpc) is 4.11. The first kappa shape index (κ1) is 42.6. The van der Waals surface area contributed by atoms with Gasteiger partial charge in [0.2, 0.25) is 17.7 Å². The number of benzene rings is 2. The van der Waals surface area contributed by atoms with E-state index in [-0.39, 0.29) is 63.6 Å². The van der Waals surface area contributed by atoms with Gasteiger partial charge in [-0.25, -0.2) is 14.2 Å². The highest BCUT2D eigenvalue weighted by molar-refractivity contribution is 14.1. The monoisotopic (exact) mass is 969 g/mol. The van der Waals surface area contributed by atoms with Gasteiger partial charge >= 0.3 is 5.69 Å². The molecule has 328 valence electrons. The molecule has 1 unspecified atom stereocenters. The van der Waals surface area contributed by atoms with E-state index in [1.807, 2.05) is 34.7 Å². The van der Waals surface area contributed by atoms with Crippen LogP contribution in [0, 0.1) is 28.1 Å². The number of aromatic nitrogens is 4. The summed E-state index contributed by atoms with van der Waals surface area (Å²) in [5.41, 5.74) is 0.510. The third-order valence-corrected chi connectivity index (χ3v) is 13.8. The minimum atomic E-state index is -0.588. The largest absolute Gasteiger partial charge is 0.357 e. The fourth-order valence-corrected chi connectivity index (χ4v) is 9.92. The van der Waals surface area contributed by atoms with Crippen molar-refractivity contribution >= 4 is 74.2 Å². The van der Waals surface area contributed by atoms with Crippen molar-refractivity contribution in [2.45, 2.75) is 70.3 Å². The van der Waals surface area contributed by atoms with E-state index >= 15 is 4.39 Å². The summed E-state index contributed by atoms with van der Waals surface area (Å²) in [6.45, 7) is 5.85. The SMILES string of the molecule is Cc1c(=O)n(C)c(Nc2ccc(I)cc2F)c2c(=O)n(C3CC3)c(=O)n(-c3cccc(NC(=O)C4CCN(CC5CCN(c6cc(C7CCC(=O)NC7=O)ccn6)CC5)CC4)c3)c12. The number of anilines is 4. The number of halogens is 2. The van der Waals surface area contributed by atoms with Gasteiger partial charge in [0.1, 0.15) is 22.8 Å². The Balaban J connectivity index is 0.870. The zero-order chi connectivity index (χ0) is 44.1. The van der Waals surface area contributed by atoms with Crippen molar-refractivity contribution in [1.82, 2.24) is 28.9 Å². The maximum atomic E-state index is 15.2. The van der Waals surface area contributed by atoms with E-state index in [9.17, 15) is 28.8 Å². The van der Waals surface area contributed by atoms with Gasteiger partial charge in [-0.3, -0.25) is 43.0 Å². The lowest BCUT2D eigenvalue weighted by atomic mass is 9.90. The van der Waals surface area contributed by atoms with Crippen LogP contribution in [0.25, 0.3) is 16.6 Å². The van der Waals surface area contributed by atoms with Crippen molar-refractivity contribution in [1.29, 1.82) is 0 Å². The summed E-state index contributed by atoms with van der Waals surface area (Å²) in [5.74, 6) is -0.238. The minimum absolute atomic E-state index is 0.0710. The molecule has 1 saturated carbocycles. The van der Waals surface area contributed by atoms with Crippen LogP contribution in [0.3, 0.4) is 0 Å². The fraction of sp³-hybridized carbons (Fsp3) is 0.413. The van der Waals surface area contributed by atoms with Crippen LogP contribution in [0.15, 0.2) is 75.2 Å². The van der Waals surface area contributed by atoms with Crippen molar-refractivity contribution in [3.63, 3.8) is 0 Å². The maximum absolute atomic E-state index is 15.2. The number of fused-ring (bicyclic) bond motifs is 1. The smallest absolute Gasteiger partial charge is 0.336 e. The second-order valence-electron chi connectivity index (χ2n) is 17.3. The molecule has 3 N–H and O–H groups in total. The summed E-state index contributed by atoms with van der Waals surface area (Å²) in [6.07, 6.45) is 7.31. The quantitative estimate of drug-likeness (QED) is 0.121. The molecule has 1 atom stereocenters. The summed E-state index contributed by atoms with van der Waals surface area (Å²) in [6, 6.07) is 15.0. The predicted molar refractivity (Wildman–Crippen MR) is 247 cm³/mol. The molecule has 6 heterocycles. The average molecular weight is 970 g/mol. The van der Waals surface area contributed by atoms with Gasteiger partial charge in [-0.1, -0.05) is 6.07 Å². The molecule has 3 amide bonds. The summed E-state index contributed by atoms with van der Waals surface area (Å²) >= 11 is 2.00. The predicted octanol–water partition coefficient (Wildman–Crippen LogP) is 5.46. The van der Waals surface area contributed by atoms with Crippen molar-refractivity contribution < 1.29 is 18.8 Å². The first-order chi connectivity index (χ1) is 30.3. The van der Waals surface area contributed by atoms with Crippen LogP contribution >= 0.6 is 22.6 Å². The number of amides is 3. The van der Waals surface area contributed by atoms with Crippen LogP contribution in [0.5, 0.6) is 0 Å². The number of carbonyl (C=O) groups excluding carboxylic acids is 3. The Bertz CT molecular complexity index is 2840. The summed E-state index contributed by atoms with van der Waals surface area (Å²) in [7, 11) is 1.51. The Morgan fingerprint density at radius 1 is 0.905 bits per heavy atom. The van der Waals surface area contributed by atoms with Gasteiger partial charge < -0.3 is 20.4 Å². The maximum Gasteiger partial charge on any atom is 0.336 e. The number of hydrogen-bond acceptors (Lipinski definition) is 10. The zero-order valence-corrected chi connectivity index (χ0v) is 37.3. The van der Waals surface area contributed by atoms with Crippen LogP contribution in [-0.2, 0) is 21.4 Å². The second kappa shape index (κ2) is 17.5. The number of nitrogens with one attached hydrogen (secondary N) is 3. The molecular formula is C46H49FIN9O6. The van der Waals surface area contributed by atoms with Gasteiger partial charge in [-0.2, -0.15) is 0 Å². The molecule has 15 nitrogen and oxygen atoms in total. The molecule has 0 bridgehead atoms. The van der Waals surface area contributed by atoms with Crippen molar-refractivity contribution in [3.05, 3.63) is 113 Å². The molecule has 0 radical (unpaired) electrons. The van der Waals surface area contributed by atoms with Crippen LogP contribution in [-0.4, -0.2) is 74.0 Å². The number of imide groups is 1. The summed E-state index contributed by atoms with van der Waals surface area (Å²) < 4.78 is 19.7. The topological polar surface area (TPSA) is 173 Å². The lowest BCUT2D eigenvalue weighted by Gasteiger charge is -2.38. The highest BCUT2D eigenvalue weighted by Crippen LogP contribution is 2.35. The van der Waals surface area contributed by atoms with Gasteiger partial charge in [-0.05, 0) is 148 Å². The molecule has 4 fully saturated rings. The number of aryl methyl sites for hydroxylation is 1. The Labute approximate surface area is 375 Å². The number of rotatable bonds is 10. The zero-order valence-electron chi connectivity index (χ0n) is 35.2. The molecule has 9 rings (SSSR count). The first-order valence-corrected chi connectivity index (χ1v) is 22.7. The Morgan fingerprint density at radius 2 is 1.67 bits per heavy atom. The summed E-state index contributed by atoms with van der Waals surface area (Å²) in [5, 5.41) is 8.61. The standard InChI is InChI=1S/C46H49FIN9O6/c1-26-40-39(41(53(2)44(26)61)51-36-10-6-30(48)23-35(36)47)45(62)57(32-7-8-32)46(63)56(40)33-5-3-4-31(24-33)50-42(59)28-15-18-54(19-16-28)25-27-13-20-55(21-14-27)37-22-29(12-17-49-37)34-9-11-38(58)52-43(34)60/h3-6,10,12,17,22-24,27-28,32,34,51H,7-9,11,13-16,18-21,25H2,1-2H3,(H,50,59)(H,52,58,60). The van der Waals surface area contributed by atoms with Crippen LogP contribution in [0.4, 0.5) is 27.4 Å². The molecule has 3 aromatic heterocycles. The molecule has 17 heteroatoms. The van der Waals surface area contributed by atoms with Crippen molar-refractivity contribution in [2.75, 3.05) is 48.3 Å². The Kier molecular flexibility index (Phi) is 11.8. The van der Waals surface area contributed by atoms with Crippen molar-refractivity contribution in [3.8, 4) is 5.69 Å². The van der Waals surface area contributed by atoms with Crippen LogP contribution < -0.4 is 37.7 Å². The number of piperidine rings is 3. The third-order valence-electron chi connectivity index (χ3n) is 13.1. The molecule has 5 aromatic rings. The molecule has 63 heavy (non-hydrogen) atoms. The molecular weight excluding hydrogens is 920 g/mol. The van der Waals surface area contributed by atoms with Gasteiger partial charge in [0.05, 0.1) is 22.8 Å². The number of nitrogens with zero attached hydrogens (tertiary/aromatic N) is 6. The van der Waals surface area contributed by atoms with E-state index in [4.69, 9.17) is 0 Å². The van der Waals surface area contributed by atoms with Gasteiger partial charge in [0, 0.05) is 66.1 Å². The Hall–Kier alpha value is -5.69. The lowest BCUT2D eigenvalue weighted by Crippen LogP contribution is -2.43. The van der Waals surface area contributed by atoms with Gasteiger partial charge in [-0.15, -0.1) is 0 Å². The Morgan fingerprint density at radius 3 is 2.38 bits per heavy atom. The number of carbonyl (C=O) groups is 3. The van der Waals surface area contributed by atoms with Gasteiger partial charge in [0.25, 0.3) is 11.1 Å². The number of likely N-dealkylation sites (tertiary alicyclic amines) is 1. The molecule has 0 spiro atoms.